The van der Waals surface area contributed by atoms with Crippen molar-refractivity contribution >= 4 is 11.9 Å². The Hall–Kier alpha value is -2.77. The van der Waals surface area contributed by atoms with Crippen LogP contribution in [-0.2, 0) is 6.42 Å². The van der Waals surface area contributed by atoms with Crippen molar-refractivity contribution in [2.75, 3.05) is 6.54 Å². The SMILES string of the molecule is O=C(O)c1cccnc1C(=O)NCCc1ncon1. The molecular weight excluding hydrogens is 252 g/mol. The molecule has 0 saturated carbocycles. The summed E-state index contributed by atoms with van der Waals surface area (Å²) >= 11 is 0. The third-order valence-electron chi connectivity index (χ3n) is 2.29. The van der Waals surface area contributed by atoms with Crippen molar-refractivity contribution < 1.29 is 19.2 Å². The zero-order valence-electron chi connectivity index (χ0n) is 9.74. The van der Waals surface area contributed by atoms with Crippen molar-refractivity contribution in [3.05, 3.63) is 41.8 Å². The van der Waals surface area contributed by atoms with Gasteiger partial charge in [0.2, 0.25) is 6.39 Å². The highest BCUT2D eigenvalue weighted by Crippen LogP contribution is 2.05. The number of carbonyl (C=O) groups excluding carboxylic acids is 1. The van der Waals surface area contributed by atoms with Crippen LogP contribution in [0, 0.1) is 0 Å². The third kappa shape index (κ3) is 3.12. The molecule has 8 nitrogen and oxygen atoms in total. The molecule has 0 radical (unpaired) electrons. The normalized spacial score (nSPS) is 10.1. The average molecular weight is 262 g/mol. The van der Waals surface area contributed by atoms with E-state index in [4.69, 9.17) is 5.11 Å². The predicted molar refractivity (Wildman–Crippen MR) is 61.5 cm³/mol. The number of pyridine rings is 1. The average Bonchev–Trinajstić information content (AvgIpc) is 2.91. The molecule has 2 rings (SSSR count). The molecule has 0 spiro atoms. The summed E-state index contributed by atoms with van der Waals surface area (Å²) in [5.74, 6) is -1.29. The van der Waals surface area contributed by atoms with Crippen LogP contribution in [-0.4, -0.2) is 38.7 Å². The topological polar surface area (TPSA) is 118 Å². The molecule has 2 aromatic rings. The van der Waals surface area contributed by atoms with E-state index in [0.717, 1.165) is 0 Å². The lowest BCUT2D eigenvalue weighted by Gasteiger charge is -2.05. The number of hydrogen-bond acceptors (Lipinski definition) is 6. The molecule has 0 aliphatic heterocycles. The van der Waals surface area contributed by atoms with Gasteiger partial charge in [0.15, 0.2) is 5.82 Å². The number of rotatable bonds is 5. The first-order chi connectivity index (χ1) is 9.18. The second-order valence-corrected chi connectivity index (χ2v) is 3.56. The Morgan fingerprint density at radius 3 is 2.89 bits per heavy atom. The fraction of sp³-hybridized carbons (Fsp3) is 0.182. The lowest BCUT2D eigenvalue weighted by atomic mass is 10.2. The Bertz CT molecular complexity index is 582. The maximum Gasteiger partial charge on any atom is 0.338 e. The molecule has 0 bridgehead atoms. The number of carboxylic acids is 1. The highest BCUT2D eigenvalue weighted by Gasteiger charge is 2.17. The van der Waals surface area contributed by atoms with Gasteiger partial charge in [-0.15, -0.1) is 0 Å². The van der Waals surface area contributed by atoms with Crippen molar-refractivity contribution in [1.82, 2.24) is 20.4 Å². The van der Waals surface area contributed by atoms with Gasteiger partial charge in [0.05, 0.1) is 5.56 Å². The summed E-state index contributed by atoms with van der Waals surface area (Å²) in [5.41, 5.74) is -0.261. The van der Waals surface area contributed by atoms with Gasteiger partial charge in [0.1, 0.15) is 5.69 Å². The van der Waals surface area contributed by atoms with Crippen LogP contribution >= 0.6 is 0 Å². The Balaban J connectivity index is 1.98. The Morgan fingerprint density at radius 2 is 2.21 bits per heavy atom. The van der Waals surface area contributed by atoms with Crippen molar-refractivity contribution in [2.45, 2.75) is 6.42 Å². The largest absolute Gasteiger partial charge is 0.478 e. The summed E-state index contributed by atoms with van der Waals surface area (Å²) < 4.78 is 4.54. The Labute approximate surface area is 107 Å². The van der Waals surface area contributed by atoms with E-state index in [-0.39, 0.29) is 17.8 Å². The quantitative estimate of drug-likeness (QED) is 0.786. The van der Waals surface area contributed by atoms with E-state index in [0.29, 0.717) is 12.2 Å². The van der Waals surface area contributed by atoms with Gasteiger partial charge < -0.3 is 14.9 Å². The van der Waals surface area contributed by atoms with Gasteiger partial charge in [-0.25, -0.2) is 4.79 Å². The Kier molecular flexibility index (Phi) is 3.81. The molecule has 19 heavy (non-hydrogen) atoms. The lowest BCUT2D eigenvalue weighted by Crippen LogP contribution is -2.28. The van der Waals surface area contributed by atoms with E-state index in [1.54, 1.807) is 0 Å². The molecule has 0 saturated heterocycles. The van der Waals surface area contributed by atoms with E-state index in [1.807, 2.05) is 0 Å². The number of aromatic carboxylic acids is 1. The van der Waals surface area contributed by atoms with Gasteiger partial charge in [-0.05, 0) is 12.1 Å². The number of nitrogens with one attached hydrogen (secondary N) is 1. The zero-order chi connectivity index (χ0) is 13.7. The molecule has 2 aromatic heterocycles. The van der Waals surface area contributed by atoms with Crippen LogP contribution in [0.25, 0.3) is 0 Å². The molecule has 1 amide bonds. The molecule has 0 unspecified atom stereocenters. The molecule has 98 valence electrons. The Morgan fingerprint density at radius 1 is 1.37 bits per heavy atom. The number of aromatic nitrogens is 3. The molecular formula is C11H10N4O4. The van der Waals surface area contributed by atoms with E-state index < -0.39 is 11.9 Å². The smallest absolute Gasteiger partial charge is 0.338 e. The summed E-state index contributed by atoms with van der Waals surface area (Å²) in [4.78, 5) is 30.3. The number of carboxylic acid groups (broad SMARTS) is 1. The van der Waals surface area contributed by atoms with Crippen molar-refractivity contribution in [1.29, 1.82) is 0 Å². The van der Waals surface area contributed by atoms with Gasteiger partial charge >= 0.3 is 5.97 Å². The molecule has 0 fully saturated rings. The molecule has 0 aliphatic carbocycles. The van der Waals surface area contributed by atoms with Gasteiger partial charge in [-0.3, -0.25) is 9.78 Å². The van der Waals surface area contributed by atoms with Gasteiger partial charge in [-0.1, -0.05) is 5.16 Å². The number of carbonyl (C=O) groups is 2. The minimum atomic E-state index is -1.20. The summed E-state index contributed by atoms with van der Waals surface area (Å²) in [7, 11) is 0. The van der Waals surface area contributed by atoms with Crippen molar-refractivity contribution in [3.8, 4) is 0 Å². The van der Waals surface area contributed by atoms with Crippen molar-refractivity contribution in [2.24, 2.45) is 0 Å². The number of hydrogen-bond donors (Lipinski definition) is 2. The van der Waals surface area contributed by atoms with Gasteiger partial charge in [0, 0.05) is 19.2 Å². The second kappa shape index (κ2) is 5.71. The molecule has 0 atom stereocenters. The third-order valence-corrected chi connectivity index (χ3v) is 2.29. The van der Waals surface area contributed by atoms with Gasteiger partial charge in [0.25, 0.3) is 5.91 Å². The van der Waals surface area contributed by atoms with Crippen LogP contribution in [0.2, 0.25) is 0 Å². The summed E-state index contributed by atoms with van der Waals surface area (Å²) in [6.07, 6.45) is 2.94. The monoisotopic (exact) mass is 262 g/mol. The van der Waals surface area contributed by atoms with Crippen LogP contribution in [0.15, 0.2) is 29.2 Å². The zero-order valence-corrected chi connectivity index (χ0v) is 9.74. The molecule has 2 N–H and O–H groups in total. The number of amides is 1. The van der Waals surface area contributed by atoms with Crippen LogP contribution in [0.3, 0.4) is 0 Å². The maximum atomic E-state index is 11.8. The molecule has 0 aliphatic rings. The fourth-order valence-corrected chi connectivity index (χ4v) is 1.43. The van der Waals surface area contributed by atoms with E-state index in [1.165, 1.54) is 24.7 Å². The highest BCUT2D eigenvalue weighted by atomic mass is 16.5. The molecule has 2 heterocycles. The van der Waals surface area contributed by atoms with Crippen LogP contribution in [0.5, 0.6) is 0 Å². The molecule has 8 heteroatoms. The molecule has 0 aromatic carbocycles. The first-order valence-electron chi connectivity index (χ1n) is 5.40. The minimum Gasteiger partial charge on any atom is -0.478 e. The summed E-state index contributed by atoms with van der Waals surface area (Å²) in [5, 5.41) is 15.1. The standard InChI is InChI=1S/C11H10N4O4/c16-10(13-5-3-8-14-6-19-15-8)9-7(11(17)18)2-1-4-12-9/h1-2,4,6H,3,5H2,(H,13,16)(H,17,18). The highest BCUT2D eigenvalue weighted by molar-refractivity contribution is 6.03. The fourth-order valence-electron chi connectivity index (χ4n) is 1.43. The second-order valence-electron chi connectivity index (χ2n) is 3.56. The van der Waals surface area contributed by atoms with Crippen LogP contribution in [0.4, 0.5) is 0 Å². The van der Waals surface area contributed by atoms with E-state index >= 15 is 0 Å². The minimum absolute atomic E-state index is 0.122. The lowest BCUT2D eigenvalue weighted by molar-refractivity contribution is 0.0690. The summed E-state index contributed by atoms with van der Waals surface area (Å²) in [6.45, 7) is 0.258. The predicted octanol–water partition coefficient (Wildman–Crippen LogP) is 0.135. The first kappa shape index (κ1) is 12.7. The summed E-state index contributed by atoms with van der Waals surface area (Å²) in [6, 6.07) is 2.78. The first-order valence-corrected chi connectivity index (χ1v) is 5.40. The van der Waals surface area contributed by atoms with Crippen molar-refractivity contribution in [3.63, 3.8) is 0 Å². The number of nitrogens with zero attached hydrogens (tertiary/aromatic N) is 3. The van der Waals surface area contributed by atoms with Gasteiger partial charge in [-0.2, -0.15) is 4.98 Å². The van der Waals surface area contributed by atoms with Crippen LogP contribution in [0.1, 0.15) is 26.7 Å². The van der Waals surface area contributed by atoms with E-state index in [2.05, 4.69) is 25.0 Å². The maximum absolute atomic E-state index is 11.8. The van der Waals surface area contributed by atoms with E-state index in [9.17, 15) is 9.59 Å². The van der Waals surface area contributed by atoms with Crippen LogP contribution < -0.4 is 5.32 Å².